The van der Waals surface area contributed by atoms with E-state index in [1.807, 2.05) is 18.3 Å². The lowest BCUT2D eigenvalue weighted by molar-refractivity contribution is 0.237. The molecule has 1 aromatic carbocycles. The number of benzene rings is 1. The van der Waals surface area contributed by atoms with Crippen LogP contribution in [-0.2, 0) is 0 Å². The minimum absolute atomic E-state index is 0.767. The second kappa shape index (κ2) is 6.93. The number of ether oxygens (including phenoxy) is 1. The Hall–Kier alpha value is -1.87. The minimum atomic E-state index is 0.767. The van der Waals surface area contributed by atoms with Gasteiger partial charge in [-0.25, -0.2) is 0 Å². The van der Waals surface area contributed by atoms with E-state index in [0.29, 0.717) is 0 Å². The van der Waals surface area contributed by atoms with Crippen molar-refractivity contribution >= 4 is 0 Å². The lowest BCUT2D eigenvalue weighted by Crippen LogP contribution is -2.25. The van der Waals surface area contributed by atoms with Crippen molar-refractivity contribution in [3.05, 3.63) is 47.7 Å². The Balaban J connectivity index is 1.69. The predicted octanol–water partition coefficient (Wildman–Crippen LogP) is 3.84. The lowest BCUT2D eigenvalue weighted by atomic mass is 10.0. The summed E-state index contributed by atoms with van der Waals surface area (Å²) in [5, 5.41) is 0. The molecule has 2 heterocycles. The molecule has 0 unspecified atom stereocenters. The molecule has 0 amide bonds. The maximum atomic E-state index is 6.01. The smallest absolute Gasteiger partial charge is 0.122 e. The summed E-state index contributed by atoms with van der Waals surface area (Å²) in [5.74, 6) is 0.997. The summed E-state index contributed by atoms with van der Waals surface area (Å²) in [6, 6.07) is 10.3. The first-order valence-corrected chi connectivity index (χ1v) is 8.12. The molecule has 1 aliphatic heterocycles. The van der Waals surface area contributed by atoms with Crippen molar-refractivity contribution in [3.8, 4) is 17.0 Å². The van der Waals surface area contributed by atoms with Crippen LogP contribution in [0.3, 0.4) is 0 Å². The van der Waals surface area contributed by atoms with Gasteiger partial charge in [-0.05, 0) is 75.2 Å². The van der Waals surface area contributed by atoms with Crippen molar-refractivity contribution in [3.63, 3.8) is 0 Å². The monoisotopic (exact) mass is 296 g/mol. The highest BCUT2D eigenvalue weighted by atomic mass is 16.5. The Morgan fingerprint density at radius 1 is 1.09 bits per heavy atom. The fraction of sp³-hybridized carbons (Fsp3) is 0.421. The number of likely N-dealkylation sites (tertiary alicyclic amines) is 1. The SMILES string of the molecule is Cc1cc(-c2ccccn2)c(C)cc1OCCN1CCCC1. The van der Waals surface area contributed by atoms with Crippen LogP contribution in [0.4, 0.5) is 0 Å². The third-order valence-electron chi connectivity index (χ3n) is 4.33. The van der Waals surface area contributed by atoms with Gasteiger partial charge in [0.25, 0.3) is 0 Å². The van der Waals surface area contributed by atoms with E-state index in [2.05, 4.69) is 41.9 Å². The Morgan fingerprint density at radius 2 is 1.91 bits per heavy atom. The number of pyridine rings is 1. The van der Waals surface area contributed by atoms with E-state index in [1.54, 1.807) is 0 Å². The molecular formula is C19H24N2O. The quantitative estimate of drug-likeness (QED) is 0.838. The first-order chi connectivity index (χ1) is 10.7. The van der Waals surface area contributed by atoms with Crippen molar-refractivity contribution in [2.45, 2.75) is 26.7 Å². The highest BCUT2D eigenvalue weighted by Gasteiger charge is 2.12. The van der Waals surface area contributed by atoms with Crippen LogP contribution < -0.4 is 4.74 Å². The number of nitrogens with zero attached hydrogens (tertiary/aromatic N) is 2. The molecule has 1 fully saturated rings. The molecule has 1 saturated heterocycles. The molecule has 3 nitrogen and oxygen atoms in total. The van der Waals surface area contributed by atoms with E-state index in [0.717, 1.165) is 24.6 Å². The Labute approximate surface area is 132 Å². The molecular weight excluding hydrogens is 272 g/mol. The van der Waals surface area contributed by atoms with Crippen molar-refractivity contribution in [2.75, 3.05) is 26.2 Å². The number of aromatic nitrogens is 1. The molecule has 0 N–H and O–H groups in total. The molecule has 0 aliphatic carbocycles. The summed E-state index contributed by atoms with van der Waals surface area (Å²) in [4.78, 5) is 6.92. The van der Waals surface area contributed by atoms with Crippen molar-refractivity contribution in [1.82, 2.24) is 9.88 Å². The van der Waals surface area contributed by atoms with Gasteiger partial charge in [0.2, 0.25) is 0 Å². The van der Waals surface area contributed by atoms with Crippen molar-refractivity contribution < 1.29 is 4.74 Å². The van der Waals surface area contributed by atoms with Crippen LogP contribution in [0.1, 0.15) is 24.0 Å². The molecule has 3 heteroatoms. The van der Waals surface area contributed by atoms with E-state index in [1.165, 1.54) is 42.6 Å². The van der Waals surface area contributed by atoms with E-state index < -0.39 is 0 Å². The molecule has 1 aliphatic rings. The molecule has 0 atom stereocenters. The van der Waals surface area contributed by atoms with Gasteiger partial charge in [-0.3, -0.25) is 9.88 Å². The van der Waals surface area contributed by atoms with E-state index in [-0.39, 0.29) is 0 Å². The zero-order valence-electron chi connectivity index (χ0n) is 13.5. The minimum Gasteiger partial charge on any atom is -0.492 e. The molecule has 0 bridgehead atoms. The van der Waals surface area contributed by atoms with Crippen LogP contribution in [0, 0.1) is 13.8 Å². The molecule has 2 aromatic rings. The van der Waals surface area contributed by atoms with Gasteiger partial charge in [0.05, 0.1) is 5.69 Å². The van der Waals surface area contributed by atoms with Gasteiger partial charge in [0.1, 0.15) is 12.4 Å². The number of aryl methyl sites for hydroxylation is 2. The largest absolute Gasteiger partial charge is 0.492 e. The zero-order valence-corrected chi connectivity index (χ0v) is 13.5. The second-order valence-electron chi connectivity index (χ2n) is 6.04. The summed E-state index contributed by atoms with van der Waals surface area (Å²) >= 11 is 0. The molecule has 0 radical (unpaired) electrons. The lowest BCUT2D eigenvalue weighted by Gasteiger charge is -2.17. The summed E-state index contributed by atoms with van der Waals surface area (Å²) in [6.45, 7) is 8.47. The fourth-order valence-electron chi connectivity index (χ4n) is 3.03. The molecule has 116 valence electrons. The Bertz CT molecular complexity index is 619. The number of rotatable bonds is 5. The van der Waals surface area contributed by atoms with Gasteiger partial charge in [-0.1, -0.05) is 6.07 Å². The van der Waals surface area contributed by atoms with Crippen LogP contribution in [0.5, 0.6) is 5.75 Å². The fourth-order valence-corrected chi connectivity index (χ4v) is 3.03. The van der Waals surface area contributed by atoms with Crippen LogP contribution in [0.15, 0.2) is 36.5 Å². The number of hydrogen-bond acceptors (Lipinski definition) is 3. The highest BCUT2D eigenvalue weighted by molar-refractivity contribution is 5.66. The van der Waals surface area contributed by atoms with Crippen molar-refractivity contribution in [2.24, 2.45) is 0 Å². The van der Waals surface area contributed by atoms with Gasteiger partial charge in [-0.15, -0.1) is 0 Å². The maximum absolute atomic E-state index is 6.01. The standard InChI is InChI=1S/C19H24N2O/c1-15-14-19(22-12-11-21-9-5-6-10-21)16(2)13-17(15)18-7-3-4-8-20-18/h3-4,7-8,13-14H,5-6,9-12H2,1-2H3. The van der Waals surface area contributed by atoms with Crippen LogP contribution in [0.25, 0.3) is 11.3 Å². The number of hydrogen-bond donors (Lipinski definition) is 0. The van der Waals surface area contributed by atoms with Gasteiger partial charge in [0.15, 0.2) is 0 Å². The van der Waals surface area contributed by atoms with E-state index in [4.69, 9.17) is 4.74 Å². The van der Waals surface area contributed by atoms with Gasteiger partial charge in [-0.2, -0.15) is 0 Å². The second-order valence-corrected chi connectivity index (χ2v) is 6.04. The Morgan fingerprint density at radius 3 is 2.64 bits per heavy atom. The molecule has 1 aromatic heterocycles. The van der Waals surface area contributed by atoms with Gasteiger partial charge >= 0.3 is 0 Å². The average Bonchev–Trinajstić information content (AvgIpc) is 3.04. The highest BCUT2D eigenvalue weighted by Crippen LogP contribution is 2.29. The molecule has 22 heavy (non-hydrogen) atoms. The van der Waals surface area contributed by atoms with E-state index in [9.17, 15) is 0 Å². The molecule has 0 spiro atoms. The zero-order chi connectivity index (χ0) is 15.4. The van der Waals surface area contributed by atoms with Crippen LogP contribution in [-0.4, -0.2) is 36.1 Å². The summed E-state index contributed by atoms with van der Waals surface area (Å²) in [7, 11) is 0. The van der Waals surface area contributed by atoms with Crippen LogP contribution >= 0.6 is 0 Å². The van der Waals surface area contributed by atoms with Gasteiger partial charge in [0, 0.05) is 18.3 Å². The average molecular weight is 296 g/mol. The maximum Gasteiger partial charge on any atom is 0.122 e. The third kappa shape index (κ3) is 3.47. The Kier molecular flexibility index (Phi) is 4.74. The van der Waals surface area contributed by atoms with Gasteiger partial charge < -0.3 is 4.74 Å². The normalized spacial score (nSPS) is 15.2. The summed E-state index contributed by atoms with van der Waals surface area (Å²) in [5.41, 5.74) is 4.59. The third-order valence-corrected chi connectivity index (χ3v) is 4.33. The topological polar surface area (TPSA) is 25.4 Å². The van der Waals surface area contributed by atoms with Crippen LogP contribution in [0.2, 0.25) is 0 Å². The van der Waals surface area contributed by atoms with Crippen molar-refractivity contribution in [1.29, 1.82) is 0 Å². The first-order valence-electron chi connectivity index (χ1n) is 8.12. The predicted molar refractivity (Wildman–Crippen MR) is 90.3 cm³/mol. The van der Waals surface area contributed by atoms with E-state index >= 15 is 0 Å². The molecule has 3 rings (SSSR count). The first kappa shape index (κ1) is 15.0. The summed E-state index contributed by atoms with van der Waals surface area (Å²) < 4.78 is 6.01. The molecule has 0 saturated carbocycles. The summed E-state index contributed by atoms with van der Waals surface area (Å²) in [6.07, 6.45) is 4.50.